The number of halogens is 1. The van der Waals surface area contributed by atoms with E-state index in [0.717, 1.165) is 33.5 Å². The summed E-state index contributed by atoms with van der Waals surface area (Å²) in [4.78, 5) is 3.59. The SMILES string of the molecule is Brc1ccc(C2=NN=C(N3CCCCC3)SC2)s1. The molecule has 18 heavy (non-hydrogen) atoms. The molecule has 0 atom stereocenters. The maximum atomic E-state index is 4.41. The summed E-state index contributed by atoms with van der Waals surface area (Å²) in [5.74, 6) is 0.933. The predicted octanol–water partition coefficient (Wildman–Crippen LogP) is 3.80. The Labute approximate surface area is 123 Å². The van der Waals surface area contributed by atoms with Gasteiger partial charge in [-0.15, -0.1) is 16.4 Å². The van der Waals surface area contributed by atoms with Crippen molar-refractivity contribution in [1.29, 1.82) is 0 Å². The summed E-state index contributed by atoms with van der Waals surface area (Å²) in [6, 6.07) is 4.17. The summed E-state index contributed by atoms with van der Waals surface area (Å²) < 4.78 is 1.15. The lowest BCUT2D eigenvalue weighted by atomic mass is 10.1. The second-order valence-electron chi connectivity index (χ2n) is 4.37. The molecular weight excluding hydrogens is 330 g/mol. The normalized spacial score (nSPS) is 20.6. The zero-order valence-electron chi connectivity index (χ0n) is 9.93. The monoisotopic (exact) mass is 343 g/mol. The molecule has 2 aliphatic heterocycles. The van der Waals surface area contributed by atoms with Gasteiger partial charge < -0.3 is 4.90 Å². The molecule has 3 rings (SSSR count). The first-order valence-electron chi connectivity index (χ1n) is 6.11. The number of hydrogen-bond donors (Lipinski definition) is 0. The van der Waals surface area contributed by atoms with Crippen LogP contribution in [0.3, 0.4) is 0 Å². The lowest BCUT2D eigenvalue weighted by Crippen LogP contribution is -2.35. The highest BCUT2D eigenvalue weighted by atomic mass is 79.9. The summed E-state index contributed by atoms with van der Waals surface area (Å²) in [7, 11) is 0. The van der Waals surface area contributed by atoms with Crippen LogP contribution in [0.25, 0.3) is 0 Å². The van der Waals surface area contributed by atoms with Gasteiger partial charge in [-0.2, -0.15) is 5.10 Å². The van der Waals surface area contributed by atoms with Crippen molar-refractivity contribution in [2.24, 2.45) is 10.2 Å². The predicted molar refractivity (Wildman–Crippen MR) is 83.9 cm³/mol. The smallest absolute Gasteiger partial charge is 0.186 e. The van der Waals surface area contributed by atoms with E-state index >= 15 is 0 Å². The number of amidine groups is 1. The van der Waals surface area contributed by atoms with Crippen LogP contribution >= 0.6 is 39.0 Å². The largest absolute Gasteiger partial charge is 0.350 e. The van der Waals surface area contributed by atoms with Gasteiger partial charge in [0.1, 0.15) is 0 Å². The first-order chi connectivity index (χ1) is 8.83. The van der Waals surface area contributed by atoms with E-state index in [1.165, 1.54) is 24.1 Å². The van der Waals surface area contributed by atoms with E-state index in [4.69, 9.17) is 0 Å². The highest BCUT2D eigenvalue weighted by molar-refractivity contribution is 9.11. The molecule has 3 heterocycles. The van der Waals surface area contributed by atoms with E-state index < -0.39 is 0 Å². The van der Waals surface area contributed by atoms with Crippen molar-refractivity contribution in [2.45, 2.75) is 19.3 Å². The van der Waals surface area contributed by atoms with Gasteiger partial charge in [-0.1, -0.05) is 11.8 Å². The minimum Gasteiger partial charge on any atom is -0.350 e. The maximum Gasteiger partial charge on any atom is 0.186 e. The number of thioether (sulfide) groups is 1. The van der Waals surface area contributed by atoms with Crippen LogP contribution in [-0.2, 0) is 0 Å². The van der Waals surface area contributed by atoms with Gasteiger partial charge in [-0.25, -0.2) is 0 Å². The Morgan fingerprint density at radius 3 is 2.56 bits per heavy atom. The zero-order valence-corrected chi connectivity index (χ0v) is 13.2. The number of likely N-dealkylation sites (tertiary alicyclic amines) is 1. The second kappa shape index (κ2) is 5.75. The van der Waals surface area contributed by atoms with Crippen molar-refractivity contribution in [3.05, 3.63) is 20.8 Å². The molecular formula is C12H14BrN3S2. The van der Waals surface area contributed by atoms with Crippen molar-refractivity contribution < 1.29 is 0 Å². The Kier molecular flexibility index (Phi) is 4.06. The van der Waals surface area contributed by atoms with Crippen LogP contribution in [0.1, 0.15) is 24.1 Å². The molecule has 96 valence electrons. The van der Waals surface area contributed by atoms with Crippen LogP contribution in [0.5, 0.6) is 0 Å². The van der Waals surface area contributed by atoms with Crippen LogP contribution in [0.2, 0.25) is 0 Å². The molecule has 0 unspecified atom stereocenters. The Morgan fingerprint density at radius 2 is 1.94 bits per heavy atom. The Bertz CT molecular complexity index is 489. The lowest BCUT2D eigenvalue weighted by molar-refractivity contribution is 0.347. The van der Waals surface area contributed by atoms with Gasteiger partial charge in [0.15, 0.2) is 5.17 Å². The van der Waals surface area contributed by atoms with Gasteiger partial charge >= 0.3 is 0 Å². The van der Waals surface area contributed by atoms with Crippen molar-refractivity contribution in [3.63, 3.8) is 0 Å². The van der Waals surface area contributed by atoms with Crippen LogP contribution in [0.4, 0.5) is 0 Å². The molecule has 3 nitrogen and oxygen atoms in total. The average Bonchev–Trinajstić information content (AvgIpc) is 2.87. The summed E-state index contributed by atoms with van der Waals surface area (Å²) >= 11 is 7.03. The van der Waals surface area contributed by atoms with E-state index in [0.29, 0.717) is 0 Å². The third-order valence-electron chi connectivity index (χ3n) is 3.08. The molecule has 0 aliphatic carbocycles. The first kappa shape index (κ1) is 12.7. The topological polar surface area (TPSA) is 28.0 Å². The molecule has 1 fully saturated rings. The number of piperidine rings is 1. The molecule has 0 aromatic carbocycles. The standard InChI is InChI=1S/C12H14BrN3S2/c13-11-5-4-10(18-11)9-8-17-12(15-14-9)16-6-2-1-3-7-16/h4-5H,1-3,6-8H2. The van der Waals surface area contributed by atoms with Crippen molar-refractivity contribution in [3.8, 4) is 0 Å². The summed E-state index contributed by atoms with van der Waals surface area (Å²) in [5.41, 5.74) is 1.09. The summed E-state index contributed by atoms with van der Waals surface area (Å²) in [6.07, 6.45) is 3.92. The second-order valence-corrected chi connectivity index (χ2v) is 7.77. The quantitative estimate of drug-likeness (QED) is 0.775. The van der Waals surface area contributed by atoms with Crippen molar-refractivity contribution in [1.82, 2.24) is 4.90 Å². The highest BCUT2D eigenvalue weighted by Gasteiger charge is 2.20. The molecule has 6 heteroatoms. The van der Waals surface area contributed by atoms with E-state index in [1.54, 1.807) is 11.3 Å². The van der Waals surface area contributed by atoms with Gasteiger partial charge in [-0.05, 0) is 47.3 Å². The van der Waals surface area contributed by atoms with Gasteiger partial charge in [-0.3, -0.25) is 0 Å². The molecule has 2 aliphatic rings. The summed E-state index contributed by atoms with van der Waals surface area (Å²) in [5, 5.41) is 9.91. The first-order valence-corrected chi connectivity index (χ1v) is 8.70. The van der Waals surface area contributed by atoms with Crippen molar-refractivity contribution >= 4 is 49.9 Å². The fraction of sp³-hybridized carbons (Fsp3) is 0.500. The number of nitrogens with zero attached hydrogens (tertiary/aromatic N) is 3. The fourth-order valence-corrected chi connectivity index (χ4v) is 4.53. The number of thiophene rings is 1. The Hall–Kier alpha value is -0.330. The number of rotatable bonds is 1. The minimum atomic E-state index is 0.933. The molecule has 1 aromatic rings. The van der Waals surface area contributed by atoms with Crippen molar-refractivity contribution in [2.75, 3.05) is 18.8 Å². The molecule has 0 saturated carbocycles. The van der Waals surface area contributed by atoms with E-state index in [2.05, 4.69) is 43.2 Å². The molecule has 0 spiro atoms. The fourth-order valence-electron chi connectivity index (χ4n) is 2.12. The molecule has 1 aromatic heterocycles. The Morgan fingerprint density at radius 1 is 1.11 bits per heavy atom. The Balaban J connectivity index is 1.74. The zero-order chi connectivity index (χ0) is 12.4. The average molecular weight is 344 g/mol. The third kappa shape index (κ3) is 2.81. The highest BCUT2D eigenvalue weighted by Crippen LogP contribution is 2.26. The number of hydrogen-bond acceptors (Lipinski definition) is 5. The van der Waals surface area contributed by atoms with Gasteiger partial charge in [0.25, 0.3) is 0 Å². The molecule has 1 saturated heterocycles. The van der Waals surface area contributed by atoms with Gasteiger partial charge in [0, 0.05) is 18.8 Å². The molecule has 0 N–H and O–H groups in total. The van der Waals surface area contributed by atoms with E-state index in [9.17, 15) is 0 Å². The van der Waals surface area contributed by atoms with Gasteiger partial charge in [0.2, 0.25) is 0 Å². The van der Waals surface area contributed by atoms with E-state index in [-0.39, 0.29) is 0 Å². The summed E-state index contributed by atoms with van der Waals surface area (Å²) in [6.45, 7) is 2.28. The van der Waals surface area contributed by atoms with Crippen LogP contribution < -0.4 is 0 Å². The van der Waals surface area contributed by atoms with E-state index in [1.807, 2.05) is 11.8 Å². The van der Waals surface area contributed by atoms with Gasteiger partial charge in [0.05, 0.1) is 14.4 Å². The maximum absolute atomic E-state index is 4.41. The van der Waals surface area contributed by atoms with Crippen LogP contribution in [-0.4, -0.2) is 34.6 Å². The van der Waals surface area contributed by atoms with Crippen LogP contribution in [0.15, 0.2) is 26.1 Å². The molecule has 0 amide bonds. The van der Waals surface area contributed by atoms with Crippen LogP contribution in [0, 0.1) is 0 Å². The minimum absolute atomic E-state index is 0.933. The molecule has 0 radical (unpaired) electrons. The third-order valence-corrected chi connectivity index (χ3v) is 5.77. The molecule has 0 bridgehead atoms. The lowest BCUT2D eigenvalue weighted by Gasteiger charge is -2.29.